The fraction of sp³-hybridized carbons (Fsp3) is 0.0769. The number of benzene rings is 3. The summed E-state index contributed by atoms with van der Waals surface area (Å²) in [6.45, 7) is 0. The molecule has 27 heavy (non-hydrogen) atoms. The number of hydrogen-bond acceptors (Lipinski definition) is 0. The van der Waals surface area contributed by atoms with Gasteiger partial charge in [0.15, 0.2) is 0 Å². The fourth-order valence-corrected chi connectivity index (χ4v) is 13.6. The van der Waals surface area contributed by atoms with E-state index >= 15 is 0 Å². The molecule has 0 N–H and O–H groups in total. The first-order valence-electron chi connectivity index (χ1n) is 9.56. The van der Waals surface area contributed by atoms with Gasteiger partial charge in [0.05, 0.1) is 0 Å². The summed E-state index contributed by atoms with van der Waals surface area (Å²) in [7, 11) is 0. The fourth-order valence-electron chi connectivity index (χ4n) is 4.31. The predicted molar refractivity (Wildman–Crippen MR) is 117 cm³/mol. The van der Waals surface area contributed by atoms with Crippen LogP contribution in [0.25, 0.3) is 6.08 Å². The number of fused-ring (bicyclic) bond motifs is 1. The van der Waals surface area contributed by atoms with Crippen molar-refractivity contribution in [2.75, 3.05) is 0 Å². The molecule has 5 rings (SSSR count). The molecule has 1 heteroatoms. The molecule has 0 nitrogen and oxygen atoms in total. The second-order valence-corrected chi connectivity index (χ2v) is 14.4. The topological polar surface area (TPSA) is 0 Å². The van der Waals surface area contributed by atoms with Crippen LogP contribution >= 0.6 is 0 Å². The third-order valence-electron chi connectivity index (χ3n) is 5.53. The first-order chi connectivity index (χ1) is 13.4. The standard InChI is InChI=1S/C14H11.2C6H5.Sn/c1-2-6-11(5-1)14-9-12-7-3-4-8-13(12)10-14;2*1-2-4-6-5-3-1;/h1-5,7-10H,6H2;2*1-5H;. The molecule has 1 atom stereocenters. The molecular weight excluding hydrogens is 431 g/mol. The summed E-state index contributed by atoms with van der Waals surface area (Å²) in [5.41, 5.74) is 6.00. The first-order valence-corrected chi connectivity index (χ1v) is 14.1. The van der Waals surface area contributed by atoms with Crippen LogP contribution in [0.4, 0.5) is 0 Å². The third-order valence-corrected chi connectivity index (χ3v) is 14.4. The normalized spacial score (nSPS) is 17.7. The summed E-state index contributed by atoms with van der Waals surface area (Å²) in [6.07, 6.45) is 10.3. The molecule has 3 aromatic carbocycles. The molecule has 0 saturated carbocycles. The van der Waals surface area contributed by atoms with E-state index in [-0.39, 0.29) is 0 Å². The van der Waals surface area contributed by atoms with Crippen LogP contribution in [0.15, 0.2) is 114 Å². The Balaban J connectivity index is 1.70. The van der Waals surface area contributed by atoms with Gasteiger partial charge in [0, 0.05) is 0 Å². The van der Waals surface area contributed by atoms with Gasteiger partial charge in [-0.1, -0.05) is 0 Å². The van der Waals surface area contributed by atoms with Crippen molar-refractivity contribution in [3.63, 3.8) is 0 Å². The molecule has 2 aliphatic carbocycles. The Morgan fingerprint density at radius 1 is 0.704 bits per heavy atom. The molecule has 0 aliphatic heterocycles. The van der Waals surface area contributed by atoms with E-state index in [1.54, 1.807) is 12.7 Å². The zero-order chi connectivity index (χ0) is 18.1. The van der Waals surface area contributed by atoms with Gasteiger partial charge in [0.2, 0.25) is 0 Å². The van der Waals surface area contributed by atoms with Crippen molar-refractivity contribution in [1.29, 1.82) is 0 Å². The summed E-state index contributed by atoms with van der Waals surface area (Å²) in [5, 5.41) is 0. The van der Waals surface area contributed by atoms with Crippen molar-refractivity contribution in [2.45, 2.75) is 10.4 Å². The predicted octanol–water partition coefficient (Wildman–Crippen LogP) is 4.90. The molecule has 0 aromatic heterocycles. The molecule has 129 valence electrons. The Kier molecular flexibility index (Phi) is 4.59. The molecule has 0 fully saturated rings. The van der Waals surface area contributed by atoms with E-state index in [2.05, 4.69) is 109 Å². The van der Waals surface area contributed by atoms with E-state index in [1.165, 1.54) is 16.7 Å². The summed E-state index contributed by atoms with van der Waals surface area (Å²) in [6, 6.07) is 31.6. The molecule has 0 heterocycles. The van der Waals surface area contributed by atoms with Crippen LogP contribution in [0.3, 0.4) is 0 Å². The Bertz CT molecular complexity index is 1000. The second-order valence-electron chi connectivity index (χ2n) is 7.13. The van der Waals surface area contributed by atoms with Crippen LogP contribution in [-0.2, 0) is 0 Å². The average Bonchev–Trinajstić information content (AvgIpc) is 3.38. The van der Waals surface area contributed by atoms with Gasteiger partial charge in [0.1, 0.15) is 0 Å². The molecule has 0 spiro atoms. The van der Waals surface area contributed by atoms with Crippen molar-refractivity contribution in [3.05, 3.63) is 125 Å². The monoisotopic (exact) mass is 453 g/mol. The van der Waals surface area contributed by atoms with Crippen LogP contribution in [0.1, 0.15) is 21.5 Å². The molecule has 0 saturated heterocycles. The van der Waals surface area contributed by atoms with Crippen molar-refractivity contribution < 1.29 is 0 Å². The van der Waals surface area contributed by atoms with Crippen LogP contribution in [0.2, 0.25) is 0 Å². The maximum atomic E-state index is 2.46. The van der Waals surface area contributed by atoms with Crippen LogP contribution in [0, 0.1) is 0 Å². The summed E-state index contributed by atoms with van der Waals surface area (Å²) in [4.78, 5) is 0. The van der Waals surface area contributed by atoms with E-state index in [0.717, 1.165) is 6.42 Å². The SMILES string of the molecule is C1=CCC(C2=Cc3ccccc3[CH]2[Sn]([c]2ccccc2)[c]2ccccc2)=C1. The molecular formula is C26H21Sn. The first kappa shape index (κ1) is 16.8. The Hall–Kier alpha value is -2.32. The number of hydrogen-bond donors (Lipinski definition) is 0. The van der Waals surface area contributed by atoms with E-state index in [1.807, 2.05) is 0 Å². The van der Waals surface area contributed by atoms with Gasteiger partial charge >= 0.3 is 169 Å². The van der Waals surface area contributed by atoms with Gasteiger partial charge in [-0.25, -0.2) is 0 Å². The second kappa shape index (κ2) is 7.36. The van der Waals surface area contributed by atoms with Crippen molar-refractivity contribution >= 4 is 33.0 Å². The number of rotatable bonds is 4. The van der Waals surface area contributed by atoms with Gasteiger partial charge in [-0.05, 0) is 0 Å². The van der Waals surface area contributed by atoms with Gasteiger partial charge in [-0.3, -0.25) is 0 Å². The van der Waals surface area contributed by atoms with E-state index in [9.17, 15) is 0 Å². The van der Waals surface area contributed by atoms with Crippen molar-refractivity contribution in [3.8, 4) is 0 Å². The van der Waals surface area contributed by atoms with E-state index in [0.29, 0.717) is 3.93 Å². The van der Waals surface area contributed by atoms with Crippen LogP contribution in [0.5, 0.6) is 0 Å². The summed E-state index contributed by atoms with van der Waals surface area (Å²) >= 11 is -2.24. The molecule has 1 unspecified atom stereocenters. The zero-order valence-corrected chi connectivity index (χ0v) is 18.0. The maximum absolute atomic E-state index is 2.46. The van der Waals surface area contributed by atoms with Gasteiger partial charge < -0.3 is 0 Å². The van der Waals surface area contributed by atoms with Gasteiger partial charge in [-0.2, -0.15) is 0 Å². The molecule has 1 radical (unpaired) electrons. The van der Waals surface area contributed by atoms with Crippen molar-refractivity contribution in [1.82, 2.24) is 0 Å². The zero-order valence-electron chi connectivity index (χ0n) is 15.2. The summed E-state index contributed by atoms with van der Waals surface area (Å²) in [5.74, 6) is 0. The molecule has 0 amide bonds. The quantitative estimate of drug-likeness (QED) is 0.495. The van der Waals surface area contributed by atoms with Gasteiger partial charge in [-0.15, -0.1) is 0 Å². The van der Waals surface area contributed by atoms with Crippen LogP contribution < -0.4 is 7.16 Å². The van der Waals surface area contributed by atoms with Crippen LogP contribution in [-0.4, -0.2) is 19.8 Å². The summed E-state index contributed by atoms with van der Waals surface area (Å²) < 4.78 is 3.69. The molecule has 3 aromatic rings. The number of allylic oxidation sites excluding steroid dienone is 5. The molecule has 0 bridgehead atoms. The Morgan fingerprint density at radius 3 is 1.96 bits per heavy atom. The third kappa shape index (κ3) is 3.12. The van der Waals surface area contributed by atoms with E-state index in [4.69, 9.17) is 0 Å². The van der Waals surface area contributed by atoms with E-state index < -0.39 is 19.8 Å². The Morgan fingerprint density at radius 2 is 1.33 bits per heavy atom. The Labute approximate surface area is 168 Å². The average molecular weight is 452 g/mol. The minimum absolute atomic E-state index is 0.541. The molecule has 2 aliphatic rings. The van der Waals surface area contributed by atoms with Gasteiger partial charge in [0.25, 0.3) is 0 Å². The minimum atomic E-state index is -2.24. The van der Waals surface area contributed by atoms with Crippen molar-refractivity contribution in [2.24, 2.45) is 0 Å².